The standard InChI is InChI=1S/C13H27N3/c1-11-9-16(12(2)8-14-11)10-13-4-6-15(3)7-5-13/h11-14H,4-10H2,1-3H3/t11?,12-/m1/s1. The van der Waals surface area contributed by atoms with Crippen LogP contribution in [0, 0.1) is 5.92 Å². The zero-order chi connectivity index (χ0) is 11.5. The number of piperazine rings is 1. The minimum Gasteiger partial charge on any atom is -0.311 e. The molecule has 94 valence electrons. The zero-order valence-electron chi connectivity index (χ0n) is 11.1. The van der Waals surface area contributed by atoms with Gasteiger partial charge in [-0.25, -0.2) is 0 Å². The van der Waals surface area contributed by atoms with Gasteiger partial charge < -0.3 is 10.2 Å². The summed E-state index contributed by atoms with van der Waals surface area (Å²) in [6.45, 7) is 10.9. The van der Waals surface area contributed by atoms with E-state index in [0.29, 0.717) is 6.04 Å². The summed E-state index contributed by atoms with van der Waals surface area (Å²) < 4.78 is 0. The van der Waals surface area contributed by atoms with Gasteiger partial charge in [0.1, 0.15) is 0 Å². The summed E-state index contributed by atoms with van der Waals surface area (Å²) in [5.74, 6) is 0.934. The van der Waals surface area contributed by atoms with Gasteiger partial charge in [-0.05, 0) is 52.7 Å². The van der Waals surface area contributed by atoms with Crippen molar-refractivity contribution in [2.24, 2.45) is 5.92 Å². The number of nitrogens with zero attached hydrogens (tertiary/aromatic N) is 2. The normalized spacial score (nSPS) is 35.4. The van der Waals surface area contributed by atoms with Crippen molar-refractivity contribution in [1.82, 2.24) is 15.1 Å². The van der Waals surface area contributed by atoms with Crippen molar-refractivity contribution < 1.29 is 0 Å². The fourth-order valence-electron chi connectivity index (χ4n) is 2.93. The van der Waals surface area contributed by atoms with Gasteiger partial charge in [-0.15, -0.1) is 0 Å². The first-order valence-corrected chi connectivity index (χ1v) is 6.81. The van der Waals surface area contributed by atoms with Crippen molar-refractivity contribution >= 4 is 0 Å². The van der Waals surface area contributed by atoms with Gasteiger partial charge in [-0.2, -0.15) is 0 Å². The highest BCUT2D eigenvalue weighted by atomic mass is 15.2. The molecule has 0 aromatic carbocycles. The number of hydrogen-bond acceptors (Lipinski definition) is 3. The van der Waals surface area contributed by atoms with Crippen LogP contribution in [0.25, 0.3) is 0 Å². The van der Waals surface area contributed by atoms with Crippen LogP contribution in [0.2, 0.25) is 0 Å². The second kappa shape index (κ2) is 5.48. The highest BCUT2D eigenvalue weighted by Crippen LogP contribution is 2.19. The highest BCUT2D eigenvalue weighted by Gasteiger charge is 2.26. The fraction of sp³-hybridized carbons (Fsp3) is 1.00. The summed E-state index contributed by atoms with van der Waals surface area (Å²) in [4.78, 5) is 5.15. The molecule has 0 aromatic rings. The second-order valence-electron chi connectivity index (χ2n) is 5.86. The molecule has 1 unspecified atom stereocenters. The maximum atomic E-state index is 3.56. The lowest BCUT2D eigenvalue weighted by molar-refractivity contribution is 0.100. The van der Waals surface area contributed by atoms with Crippen LogP contribution in [0.3, 0.4) is 0 Å². The van der Waals surface area contributed by atoms with Crippen molar-refractivity contribution in [2.45, 2.75) is 38.8 Å². The Kier molecular flexibility index (Phi) is 4.22. The number of rotatable bonds is 2. The van der Waals surface area contributed by atoms with Crippen molar-refractivity contribution in [3.63, 3.8) is 0 Å². The van der Waals surface area contributed by atoms with E-state index < -0.39 is 0 Å². The summed E-state index contributed by atoms with van der Waals surface area (Å²) in [5, 5.41) is 3.56. The van der Waals surface area contributed by atoms with E-state index in [1.54, 1.807) is 0 Å². The Morgan fingerprint density at radius 1 is 1.19 bits per heavy atom. The predicted molar refractivity (Wildman–Crippen MR) is 68.7 cm³/mol. The van der Waals surface area contributed by atoms with Crippen LogP contribution in [-0.4, -0.2) is 61.7 Å². The molecule has 2 saturated heterocycles. The Bertz CT molecular complexity index is 211. The number of nitrogens with one attached hydrogen (secondary N) is 1. The van der Waals surface area contributed by atoms with Crippen LogP contribution in [0.4, 0.5) is 0 Å². The molecule has 3 nitrogen and oxygen atoms in total. The van der Waals surface area contributed by atoms with E-state index in [1.165, 1.54) is 39.0 Å². The van der Waals surface area contributed by atoms with Gasteiger partial charge in [-0.3, -0.25) is 4.90 Å². The molecule has 2 aliphatic heterocycles. The van der Waals surface area contributed by atoms with E-state index in [9.17, 15) is 0 Å². The van der Waals surface area contributed by atoms with E-state index in [-0.39, 0.29) is 0 Å². The van der Waals surface area contributed by atoms with Crippen LogP contribution >= 0.6 is 0 Å². The quantitative estimate of drug-likeness (QED) is 0.757. The van der Waals surface area contributed by atoms with Crippen LogP contribution in [0.1, 0.15) is 26.7 Å². The average Bonchev–Trinajstić information content (AvgIpc) is 2.27. The predicted octanol–water partition coefficient (Wildman–Crippen LogP) is 1.01. The van der Waals surface area contributed by atoms with Gasteiger partial charge in [0.25, 0.3) is 0 Å². The average molecular weight is 225 g/mol. The molecule has 0 aliphatic carbocycles. The minimum absolute atomic E-state index is 0.669. The Morgan fingerprint density at radius 2 is 1.88 bits per heavy atom. The number of piperidine rings is 1. The maximum Gasteiger partial charge on any atom is 0.0193 e. The molecule has 2 rings (SSSR count). The summed E-state index contributed by atoms with van der Waals surface area (Å²) >= 11 is 0. The monoisotopic (exact) mass is 225 g/mol. The molecule has 0 bridgehead atoms. The Morgan fingerprint density at radius 3 is 2.56 bits per heavy atom. The lowest BCUT2D eigenvalue weighted by Gasteiger charge is -2.41. The van der Waals surface area contributed by atoms with Gasteiger partial charge in [0.05, 0.1) is 0 Å². The van der Waals surface area contributed by atoms with Crippen molar-refractivity contribution in [1.29, 1.82) is 0 Å². The van der Waals surface area contributed by atoms with Crippen molar-refractivity contribution in [3.8, 4) is 0 Å². The van der Waals surface area contributed by atoms with Gasteiger partial charge in [0, 0.05) is 31.7 Å². The molecule has 0 radical (unpaired) electrons. The highest BCUT2D eigenvalue weighted by molar-refractivity contribution is 4.84. The third-order valence-electron chi connectivity index (χ3n) is 4.22. The summed E-state index contributed by atoms with van der Waals surface area (Å²) in [7, 11) is 2.24. The first kappa shape index (κ1) is 12.3. The Balaban J connectivity index is 1.79. The second-order valence-corrected chi connectivity index (χ2v) is 5.86. The van der Waals surface area contributed by atoms with Crippen molar-refractivity contribution in [2.75, 3.05) is 39.8 Å². The summed E-state index contributed by atoms with van der Waals surface area (Å²) in [6.07, 6.45) is 2.78. The van der Waals surface area contributed by atoms with Crippen LogP contribution in [0.15, 0.2) is 0 Å². The molecule has 2 fully saturated rings. The lowest BCUT2D eigenvalue weighted by Crippen LogP contribution is -2.55. The van der Waals surface area contributed by atoms with Gasteiger partial charge in [-0.1, -0.05) is 0 Å². The lowest BCUT2D eigenvalue weighted by atomic mass is 9.95. The first-order chi connectivity index (χ1) is 7.65. The summed E-state index contributed by atoms with van der Waals surface area (Å²) in [5.41, 5.74) is 0. The Hall–Kier alpha value is -0.120. The molecule has 3 heteroatoms. The van der Waals surface area contributed by atoms with E-state index >= 15 is 0 Å². The van der Waals surface area contributed by atoms with Crippen LogP contribution in [-0.2, 0) is 0 Å². The third-order valence-corrected chi connectivity index (χ3v) is 4.22. The molecular formula is C13H27N3. The topological polar surface area (TPSA) is 18.5 Å². The third kappa shape index (κ3) is 3.19. The van der Waals surface area contributed by atoms with E-state index in [2.05, 4.69) is 36.0 Å². The minimum atomic E-state index is 0.669. The van der Waals surface area contributed by atoms with Gasteiger partial charge in [0.15, 0.2) is 0 Å². The molecule has 2 aliphatic rings. The van der Waals surface area contributed by atoms with Crippen LogP contribution < -0.4 is 5.32 Å². The molecule has 16 heavy (non-hydrogen) atoms. The number of hydrogen-bond donors (Lipinski definition) is 1. The van der Waals surface area contributed by atoms with Gasteiger partial charge in [0.2, 0.25) is 0 Å². The Labute approximate surface area is 100 Å². The van der Waals surface area contributed by atoms with E-state index in [0.717, 1.165) is 18.5 Å². The van der Waals surface area contributed by atoms with E-state index in [4.69, 9.17) is 0 Å². The largest absolute Gasteiger partial charge is 0.311 e. The molecule has 0 amide bonds. The van der Waals surface area contributed by atoms with E-state index in [1.807, 2.05) is 0 Å². The van der Waals surface area contributed by atoms with Crippen LogP contribution in [0.5, 0.6) is 0 Å². The smallest absolute Gasteiger partial charge is 0.0193 e. The molecule has 0 aromatic heterocycles. The molecule has 2 atom stereocenters. The molecule has 0 spiro atoms. The SMILES string of the molecule is CC1CN(CC2CCN(C)CC2)[C@H](C)CN1. The van der Waals surface area contributed by atoms with Crippen molar-refractivity contribution in [3.05, 3.63) is 0 Å². The number of likely N-dealkylation sites (tertiary alicyclic amines) is 1. The zero-order valence-corrected chi connectivity index (χ0v) is 11.1. The van der Waals surface area contributed by atoms with Gasteiger partial charge >= 0.3 is 0 Å². The maximum absolute atomic E-state index is 3.56. The molecule has 1 N–H and O–H groups in total. The summed E-state index contributed by atoms with van der Waals surface area (Å²) in [6, 6.07) is 1.39. The molecular weight excluding hydrogens is 198 g/mol. The molecule has 2 heterocycles. The molecule has 0 saturated carbocycles. The first-order valence-electron chi connectivity index (χ1n) is 6.81. The fourth-order valence-corrected chi connectivity index (χ4v) is 2.93.